The fourth-order valence-corrected chi connectivity index (χ4v) is 3.15. The van der Waals surface area contributed by atoms with E-state index in [2.05, 4.69) is 22.2 Å². The van der Waals surface area contributed by atoms with E-state index in [4.69, 9.17) is 5.73 Å². The Kier molecular flexibility index (Phi) is 4.77. The first-order chi connectivity index (χ1) is 8.72. The van der Waals surface area contributed by atoms with Gasteiger partial charge in [-0.25, -0.2) is 4.68 Å². The molecular weight excluding hydrogens is 246 g/mol. The third-order valence-electron chi connectivity index (χ3n) is 3.30. The molecule has 0 aliphatic carbocycles. The molecule has 0 bridgehead atoms. The van der Waals surface area contributed by atoms with E-state index in [9.17, 15) is 0 Å². The van der Waals surface area contributed by atoms with Crippen LogP contribution in [0.5, 0.6) is 0 Å². The Bertz CT molecular complexity index is 384. The smallest absolute Gasteiger partial charge is 0.148 e. The summed E-state index contributed by atoms with van der Waals surface area (Å²) >= 11 is 2.04. The molecule has 2 rings (SSSR count). The zero-order valence-corrected chi connectivity index (χ0v) is 12.1. The number of rotatable bonds is 5. The molecule has 0 amide bonds. The van der Waals surface area contributed by atoms with Crippen molar-refractivity contribution in [2.75, 3.05) is 48.7 Å². The van der Waals surface area contributed by atoms with Crippen molar-refractivity contribution in [3.63, 3.8) is 0 Å². The number of hydrogen-bond acceptors (Lipinski definition) is 5. The van der Waals surface area contributed by atoms with Gasteiger partial charge in [-0.05, 0) is 13.8 Å². The summed E-state index contributed by atoms with van der Waals surface area (Å²) in [6.45, 7) is 9.30. The van der Waals surface area contributed by atoms with Crippen LogP contribution in [0.25, 0.3) is 0 Å². The lowest BCUT2D eigenvalue weighted by Crippen LogP contribution is -2.36. The Morgan fingerprint density at radius 1 is 1.39 bits per heavy atom. The zero-order chi connectivity index (χ0) is 13.0. The molecule has 1 fully saturated rings. The van der Waals surface area contributed by atoms with Gasteiger partial charge in [0.1, 0.15) is 5.82 Å². The van der Waals surface area contributed by atoms with Crippen LogP contribution in [0.1, 0.15) is 12.6 Å². The summed E-state index contributed by atoms with van der Waals surface area (Å²) in [4.78, 5) is 2.50. The average molecular weight is 269 g/mol. The van der Waals surface area contributed by atoms with E-state index in [-0.39, 0.29) is 0 Å². The van der Waals surface area contributed by atoms with Gasteiger partial charge < -0.3 is 11.1 Å². The second kappa shape index (κ2) is 6.33. The van der Waals surface area contributed by atoms with Crippen LogP contribution in [0, 0.1) is 6.92 Å². The van der Waals surface area contributed by atoms with Gasteiger partial charge in [0.2, 0.25) is 0 Å². The molecule has 18 heavy (non-hydrogen) atoms. The third-order valence-corrected chi connectivity index (χ3v) is 4.24. The maximum Gasteiger partial charge on any atom is 0.148 e. The number of anilines is 2. The molecule has 3 N–H and O–H groups in total. The molecule has 1 aliphatic heterocycles. The van der Waals surface area contributed by atoms with Crippen LogP contribution < -0.4 is 11.1 Å². The van der Waals surface area contributed by atoms with Crippen LogP contribution >= 0.6 is 11.8 Å². The zero-order valence-electron chi connectivity index (χ0n) is 11.3. The minimum Gasteiger partial charge on any atom is -0.394 e. The molecule has 1 aliphatic rings. The van der Waals surface area contributed by atoms with E-state index in [1.54, 1.807) is 0 Å². The van der Waals surface area contributed by atoms with Crippen LogP contribution in [0.3, 0.4) is 0 Å². The molecule has 0 radical (unpaired) electrons. The van der Waals surface area contributed by atoms with Crippen molar-refractivity contribution in [2.24, 2.45) is 0 Å². The molecule has 0 unspecified atom stereocenters. The standard InChI is InChI=1S/C12H23N5S/c1-3-17-12(11(13)10(2)15-17)14-4-5-16-6-8-18-9-7-16/h14H,3-9,13H2,1-2H3. The van der Waals surface area contributed by atoms with E-state index < -0.39 is 0 Å². The summed E-state index contributed by atoms with van der Waals surface area (Å²) < 4.78 is 1.94. The largest absolute Gasteiger partial charge is 0.394 e. The van der Waals surface area contributed by atoms with Crippen LogP contribution in [-0.4, -0.2) is 52.4 Å². The Labute approximate surface area is 113 Å². The molecule has 6 heteroatoms. The fraction of sp³-hybridized carbons (Fsp3) is 0.750. The number of aromatic nitrogens is 2. The van der Waals surface area contributed by atoms with Gasteiger partial charge in [-0.2, -0.15) is 16.9 Å². The van der Waals surface area contributed by atoms with E-state index in [0.717, 1.165) is 36.8 Å². The lowest BCUT2D eigenvalue weighted by molar-refractivity contribution is 0.314. The summed E-state index contributed by atoms with van der Waals surface area (Å²) in [5, 5.41) is 7.83. The highest BCUT2D eigenvalue weighted by atomic mass is 32.2. The van der Waals surface area contributed by atoms with Gasteiger partial charge in [-0.15, -0.1) is 0 Å². The monoisotopic (exact) mass is 269 g/mol. The van der Waals surface area contributed by atoms with Crippen LogP contribution in [0.15, 0.2) is 0 Å². The van der Waals surface area contributed by atoms with Gasteiger partial charge in [0.25, 0.3) is 0 Å². The molecule has 102 valence electrons. The van der Waals surface area contributed by atoms with E-state index in [0.29, 0.717) is 0 Å². The first-order valence-corrected chi connectivity index (χ1v) is 7.74. The minimum atomic E-state index is 0.783. The number of hydrogen-bond donors (Lipinski definition) is 2. The highest BCUT2D eigenvalue weighted by molar-refractivity contribution is 7.99. The predicted octanol–water partition coefficient (Wildman–Crippen LogP) is 1.25. The van der Waals surface area contributed by atoms with Crippen LogP contribution in [0.4, 0.5) is 11.5 Å². The number of aryl methyl sites for hydroxylation is 2. The lowest BCUT2D eigenvalue weighted by Gasteiger charge is -2.26. The Hall–Kier alpha value is -0.880. The van der Waals surface area contributed by atoms with Gasteiger partial charge in [0.15, 0.2) is 0 Å². The summed E-state index contributed by atoms with van der Waals surface area (Å²) in [5.74, 6) is 3.49. The highest BCUT2D eigenvalue weighted by Gasteiger charge is 2.12. The second-order valence-electron chi connectivity index (χ2n) is 4.54. The SMILES string of the molecule is CCn1nc(C)c(N)c1NCCN1CCSCC1. The molecule has 2 heterocycles. The van der Waals surface area contributed by atoms with Gasteiger partial charge in [-0.1, -0.05) is 0 Å². The number of nitrogen functional groups attached to an aromatic ring is 1. The van der Waals surface area contributed by atoms with Crippen molar-refractivity contribution in [1.29, 1.82) is 0 Å². The van der Waals surface area contributed by atoms with E-state index >= 15 is 0 Å². The van der Waals surface area contributed by atoms with Gasteiger partial charge in [0, 0.05) is 44.2 Å². The summed E-state index contributed by atoms with van der Waals surface area (Å²) in [5.41, 5.74) is 7.73. The average Bonchev–Trinajstić information content (AvgIpc) is 2.67. The third kappa shape index (κ3) is 3.11. The fourth-order valence-electron chi connectivity index (χ4n) is 2.17. The Morgan fingerprint density at radius 2 is 2.11 bits per heavy atom. The molecule has 1 saturated heterocycles. The predicted molar refractivity (Wildman–Crippen MR) is 79.3 cm³/mol. The maximum absolute atomic E-state index is 6.04. The van der Waals surface area contributed by atoms with E-state index in [1.165, 1.54) is 24.6 Å². The molecule has 0 spiro atoms. The molecule has 1 aromatic heterocycles. The number of thioether (sulfide) groups is 1. The molecule has 5 nitrogen and oxygen atoms in total. The van der Waals surface area contributed by atoms with Gasteiger partial charge in [-0.3, -0.25) is 4.90 Å². The van der Waals surface area contributed by atoms with Crippen molar-refractivity contribution in [3.05, 3.63) is 5.69 Å². The Balaban J connectivity index is 1.85. The van der Waals surface area contributed by atoms with Crippen molar-refractivity contribution in [3.8, 4) is 0 Å². The molecule has 0 saturated carbocycles. The summed E-state index contributed by atoms with van der Waals surface area (Å²) in [7, 11) is 0. The van der Waals surface area contributed by atoms with Crippen LogP contribution in [-0.2, 0) is 6.54 Å². The Morgan fingerprint density at radius 3 is 2.78 bits per heavy atom. The van der Waals surface area contributed by atoms with Gasteiger partial charge >= 0.3 is 0 Å². The number of nitrogens with zero attached hydrogens (tertiary/aromatic N) is 3. The molecule has 0 aromatic carbocycles. The second-order valence-corrected chi connectivity index (χ2v) is 5.77. The summed E-state index contributed by atoms with van der Waals surface area (Å²) in [6.07, 6.45) is 0. The van der Waals surface area contributed by atoms with Crippen molar-refractivity contribution in [1.82, 2.24) is 14.7 Å². The normalized spacial score (nSPS) is 17.0. The number of nitrogens with two attached hydrogens (primary N) is 1. The lowest BCUT2D eigenvalue weighted by atomic mass is 10.4. The molecular formula is C12H23N5S. The highest BCUT2D eigenvalue weighted by Crippen LogP contribution is 2.21. The van der Waals surface area contributed by atoms with Crippen molar-refractivity contribution >= 4 is 23.3 Å². The van der Waals surface area contributed by atoms with E-state index in [1.807, 2.05) is 23.4 Å². The van der Waals surface area contributed by atoms with Gasteiger partial charge in [0.05, 0.1) is 11.4 Å². The first kappa shape index (κ1) is 13.5. The number of nitrogens with one attached hydrogen (secondary N) is 1. The molecule has 0 atom stereocenters. The first-order valence-electron chi connectivity index (χ1n) is 6.59. The van der Waals surface area contributed by atoms with Crippen LogP contribution in [0.2, 0.25) is 0 Å². The summed E-state index contributed by atoms with van der Waals surface area (Å²) in [6, 6.07) is 0. The van der Waals surface area contributed by atoms with Crippen molar-refractivity contribution < 1.29 is 0 Å². The van der Waals surface area contributed by atoms with Crippen molar-refractivity contribution in [2.45, 2.75) is 20.4 Å². The topological polar surface area (TPSA) is 59.1 Å². The quantitative estimate of drug-likeness (QED) is 0.842. The minimum absolute atomic E-state index is 0.783. The maximum atomic E-state index is 6.04. The molecule has 1 aromatic rings.